The minimum atomic E-state index is -4.03. The molecule has 1 unspecified atom stereocenters. The maximum Gasteiger partial charge on any atom is 0.252 e. The molecule has 0 aliphatic carbocycles. The van der Waals surface area contributed by atoms with Crippen LogP contribution in [0.5, 0.6) is 0 Å². The molecular weight excluding hydrogens is 575 g/mol. The highest BCUT2D eigenvalue weighted by Crippen LogP contribution is 2.30. The van der Waals surface area contributed by atoms with Crippen LogP contribution in [0.4, 0.5) is 5.69 Å². The van der Waals surface area contributed by atoms with Crippen LogP contribution in [-0.4, -0.2) is 37.1 Å². The van der Waals surface area contributed by atoms with E-state index in [0.717, 1.165) is 18.3 Å². The van der Waals surface area contributed by atoms with E-state index in [1.54, 1.807) is 60.7 Å². The Morgan fingerprint density at radius 2 is 1.67 bits per heavy atom. The highest BCUT2D eigenvalue weighted by Gasteiger charge is 2.46. The topological polar surface area (TPSA) is 74.8 Å². The third-order valence-electron chi connectivity index (χ3n) is 5.41. The Labute approximate surface area is 211 Å². The lowest BCUT2D eigenvalue weighted by molar-refractivity contribution is -0.122. The lowest BCUT2D eigenvalue weighted by atomic mass is 10.1. The number of nitrogens with zero attached hydrogens (tertiary/aromatic N) is 2. The first-order chi connectivity index (χ1) is 15.8. The van der Waals surface area contributed by atoms with E-state index >= 15 is 0 Å². The Balaban J connectivity index is 1.68. The summed E-state index contributed by atoms with van der Waals surface area (Å²) in [6, 6.07) is 20.9. The molecule has 0 spiro atoms. The van der Waals surface area contributed by atoms with Crippen LogP contribution in [0.2, 0.25) is 5.02 Å². The van der Waals surface area contributed by atoms with Crippen molar-refractivity contribution in [1.82, 2.24) is 4.31 Å². The van der Waals surface area contributed by atoms with Crippen LogP contribution in [0, 0.1) is 3.57 Å². The smallest absolute Gasteiger partial charge is 0.252 e. The SMILES string of the molecule is O=C1CC(N(CCc2cccc(Cl)c2)S(=O)(=O)c2ccccc2)C(=O)N1c1ccc(I)cc1. The minimum Gasteiger partial charge on any atom is -0.274 e. The molecule has 1 heterocycles. The van der Waals surface area contributed by atoms with Crippen molar-refractivity contribution in [2.24, 2.45) is 0 Å². The van der Waals surface area contributed by atoms with E-state index in [-0.39, 0.29) is 17.9 Å². The fraction of sp³-hybridized carbons (Fsp3) is 0.167. The number of imide groups is 1. The molecule has 0 bridgehead atoms. The van der Waals surface area contributed by atoms with Crippen LogP contribution in [0.15, 0.2) is 83.8 Å². The first-order valence-corrected chi connectivity index (χ1v) is 13.1. The van der Waals surface area contributed by atoms with Crippen LogP contribution in [0.25, 0.3) is 0 Å². The predicted octanol–water partition coefficient (Wildman–Crippen LogP) is 4.51. The van der Waals surface area contributed by atoms with Gasteiger partial charge in [-0.05, 0) is 83.1 Å². The number of sulfonamides is 1. The van der Waals surface area contributed by atoms with Crippen molar-refractivity contribution in [1.29, 1.82) is 0 Å². The normalized spacial score (nSPS) is 16.6. The lowest BCUT2D eigenvalue weighted by Crippen LogP contribution is -2.46. The highest BCUT2D eigenvalue weighted by molar-refractivity contribution is 14.1. The Morgan fingerprint density at radius 1 is 0.970 bits per heavy atom. The molecule has 1 aliphatic heterocycles. The molecule has 1 saturated heterocycles. The zero-order chi connectivity index (χ0) is 23.6. The van der Waals surface area contributed by atoms with Crippen LogP contribution in [0.3, 0.4) is 0 Å². The van der Waals surface area contributed by atoms with Gasteiger partial charge in [0.05, 0.1) is 17.0 Å². The van der Waals surface area contributed by atoms with Crippen molar-refractivity contribution in [3.05, 3.63) is 93.0 Å². The standard InChI is InChI=1S/C24H20ClIN2O4S/c25-18-6-4-5-17(15-18)13-14-27(33(31,32)21-7-2-1-3-8-21)22-16-23(29)28(24(22)30)20-11-9-19(26)10-12-20/h1-12,15,22H,13-14,16H2. The van der Waals surface area contributed by atoms with Crippen molar-refractivity contribution in [2.45, 2.75) is 23.8 Å². The van der Waals surface area contributed by atoms with Crippen LogP contribution in [0.1, 0.15) is 12.0 Å². The minimum absolute atomic E-state index is 0.0295. The monoisotopic (exact) mass is 594 g/mol. The number of anilines is 1. The second-order valence-corrected chi connectivity index (χ2v) is 11.1. The van der Waals surface area contributed by atoms with Crippen molar-refractivity contribution in [3.8, 4) is 0 Å². The summed E-state index contributed by atoms with van der Waals surface area (Å²) in [7, 11) is -4.03. The molecule has 33 heavy (non-hydrogen) atoms. The van der Waals surface area contributed by atoms with Gasteiger partial charge in [-0.2, -0.15) is 4.31 Å². The molecule has 3 aromatic carbocycles. The second-order valence-electron chi connectivity index (χ2n) is 7.57. The molecule has 9 heteroatoms. The van der Waals surface area contributed by atoms with Gasteiger partial charge in [0.2, 0.25) is 15.9 Å². The fourth-order valence-corrected chi connectivity index (χ4v) is 5.98. The number of benzene rings is 3. The van der Waals surface area contributed by atoms with E-state index in [2.05, 4.69) is 22.6 Å². The van der Waals surface area contributed by atoms with E-state index in [9.17, 15) is 18.0 Å². The summed E-state index contributed by atoms with van der Waals surface area (Å²) in [5, 5.41) is 0.543. The third kappa shape index (κ3) is 5.13. The van der Waals surface area contributed by atoms with Gasteiger partial charge in [-0.15, -0.1) is 0 Å². The van der Waals surface area contributed by atoms with Gasteiger partial charge in [-0.1, -0.05) is 41.9 Å². The molecule has 4 rings (SSSR count). The summed E-state index contributed by atoms with van der Waals surface area (Å²) in [6.07, 6.45) is 0.126. The Kier molecular flexibility index (Phi) is 7.18. The molecule has 0 aromatic heterocycles. The van der Waals surface area contributed by atoms with E-state index in [1.807, 2.05) is 6.07 Å². The molecule has 0 saturated carbocycles. The predicted molar refractivity (Wildman–Crippen MR) is 136 cm³/mol. The van der Waals surface area contributed by atoms with Gasteiger partial charge in [-0.25, -0.2) is 13.3 Å². The van der Waals surface area contributed by atoms with Crippen molar-refractivity contribution in [2.75, 3.05) is 11.4 Å². The van der Waals surface area contributed by atoms with E-state index in [1.165, 1.54) is 12.1 Å². The number of carbonyl (C=O) groups is 2. The molecule has 1 aliphatic rings. The fourth-order valence-electron chi connectivity index (χ4n) is 3.81. The summed E-state index contributed by atoms with van der Waals surface area (Å²) in [4.78, 5) is 27.3. The molecule has 1 fully saturated rings. The average molecular weight is 595 g/mol. The summed E-state index contributed by atoms with van der Waals surface area (Å²) in [5.74, 6) is -0.978. The summed E-state index contributed by atoms with van der Waals surface area (Å²) in [5.41, 5.74) is 1.27. The molecule has 0 radical (unpaired) electrons. The first kappa shape index (κ1) is 23.9. The molecule has 3 aromatic rings. The lowest BCUT2D eigenvalue weighted by Gasteiger charge is -2.27. The Morgan fingerprint density at radius 3 is 2.33 bits per heavy atom. The van der Waals surface area contributed by atoms with Crippen molar-refractivity contribution >= 4 is 61.7 Å². The van der Waals surface area contributed by atoms with Gasteiger partial charge in [0, 0.05) is 15.1 Å². The highest BCUT2D eigenvalue weighted by atomic mass is 127. The second kappa shape index (κ2) is 9.92. The maximum absolute atomic E-state index is 13.6. The van der Waals surface area contributed by atoms with Gasteiger partial charge < -0.3 is 0 Å². The molecule has 2 amide bonds. The number of halogens is 2. The molecule has 1 atom stereocenters. The van der Waals surface area contributed by atoms with Gasteiger partial charge in [-0.3, -0.25) is 9.59 Å². The largest absolute Gasteiger partial charge is 0.274 e. The Bertz CT molecular complexity index is 1280. The van der Waals surface area contributed by atoms with Gasteiger partial charge in [0.15, 0.2) is 0 Å². The quantitative estimate of drug-likeness (QED) is 0.298. The number of carbonyl (C=O) groups excluding carboxylic acids is 2. The third-order valence-corrected chi connectivity index (χ3v) is 8.29. The van der Waals surface area contributed by atoms with E-state index in [4.69, 9.17) is 11.6 Å². The van der Waals surface area contributed by atoms with Crippen molar-refractivity contribution < 1.29 is 18.0 Å². The summed E-state index contributed by atoms with van der Waals surface area (Å²) >= 11 is 8.21. The van der Waals surface area contributed by atoms with Crippen LogP contribution in [-0.2, 0) is 26.0 Å². The zero-order valence-corrected chi connectivity index (χ0v) is 21.1. The van der Waals surface area contributed by atoms with E-state index in [0.29, 0.717) is 17.1 Å². The Hall–Kier alpha value is -2.27. The first-order valence-electron chi connectivity index (χ1n) is 10.2. The average Bonchev–Trinajstić information content (AvgIpc) is 3.09. The molecule has 6 nitrogen and oxygen atoms in total. The van der Waals surface area contributed by atoms with Crippen LogP contribution >= 0.6 is 34.2 Å². The molecule has 0 N–H and O–H groups in total. The summed E-state index contributed by atoms with van der Waals surface area (Å²) < 4.78 is 29.2. The summed E-state index contributed by atoms with van der Waals surface area (Å²) in [6.45, 7) is 0.0295. The number of hydrogen-bond donors (Lipinski definition) is 0. The maximum atomic E-state index is 13.6. The molecule has 170 valence electrons. The molecular formula is C24H20ClIN2O4S. The van der Waals surface area contributed by atoms with Gasteiger partial charge in [0.25, 0.3) is 5.91 Å². The van der Waals surface area contributed by atoms with Crippen molar-refractivity contribution in [3.63, 3.8) is 0 Å². The van der Waals surface area contributed by atoms with Gasteiger partial charge >= 0.3 is 0 Å². The number of rotatable bonds is 7. The number of amides is 2. The van der Waals surface area contributed by atoms with Gasteiger partial charge in [0.1, 0.15) is 6.04 Å². The van der Waals surface area contributed by atoms with Crippen LogP contribution < -0.4 is 4.90 Å². The number of hydrogen-bond acceptors (Lipinski definition) is 4. The van der Waals surface area contributed by atoms with E-state index < -0.39 is 27.9 Å². The zero-order valence-electron chi connectivity index (χ0n) is 17.4.